The van der Waals surface area contributed by atoms with Crippen LogP contribution in [0.4, 0.5) is 10.2 Å². The molecule has 0 bridgehead atoms. The van der Waals surface area contributed by atoms with E-state index in [9.17, 15) is 14.0 Å². The number of thioether (sulfide) groups is 1. The third-order valence-corrected chi connectivity index (χ3v) is 8.22. The lowest BCUT2D eigenvalue weighted by atomic mass is 9.87. The Morgan fingerprint density at radius 1 is 1.11 bits per heavy atom. The van der Waals surface area contributed by atoms with Crippen molar-refractivity contribution in [1.29, 1.82) is 0 Å². The van der Waals surface area contributed by atoms with E-state index in [0.29, 0.717) is 11.5 Å². The van der Waals surface area contributed by atoms with Gasteiger partial charge in [0.15, 0.2) is 0 Å². The molecule has 6 nitrogen and oxygen atoms in total. The number of hydrogen-bond donors (Lipinski definition) is 0. The number of fused-ring (bicyclic) bond motifs is 1. The minimum atomic E-state index is -0.344. The van der Waals surface area contributed by atoms with Crippen molar-refractivity contribution in [3.8, 4) is 5.69 Å². The number of hydrogen-bond acceptors (Lipinski definition) is 4. The molecule has 5 rings (SSSR count). The highest BCUT2D eigenvalue weighted by Gasteiger charge is 2.40. The molecule has 1 aromatic heterocycles. The second-order valence-corrected chi connectivity index (χ2v) is 12.0. The van der Waals surface area contributed by atoms with E-state index in [4.69, 9.17) is 5.10 Å². The fourth-order valence-electron chi connectivity index (χ4n) is 5.13. The van der Waals surface area contributed by atoms with Gasteiger partial charge in [0.05, 0.1) is 22.4 Å². The molecule has 0 N–H and O–H groups in total. The Bertz CT molecular complexity index is 1320. The molecule has 2 aromatic carbocycles. The van der Waals surface area contributed by atoms with Gasteiger partial charge in [-0.05, 0) is 49.6 Å². The molecule has 8 heteroatoms. The van der Waals surface area contributed by atoms with Crippen LogP contribution in [0.5, 0.6) is 0 Å². The van der Waals surface area contributed by atoms with Crippen LogP contribution in [0.1, 0.15) is 61.2 Å². The summed E-state index contributed by atoms with van der Waals surface area (Å²) in [6.45, 7) is 9.78. The number of benzene rings is 2. The van der Waals surface area contributed by atoms with Crippen LogP contribution < -0.4 is 4.90 Å². The zero-order valence-corrected chi connectivity index (χ0v) is 22.6. The fraction of sp³-hybridized carbons (Fsp3) is 0.414. The summed E-state index contributed by atoms with van der Waals surface area (Å²) in [5.41, 5.74) is 4.34. The van der Waals surface area contributed by atoms with Gasteiger partial charge in [-0.3, -0.25) is 14.5 Å². The molecule has 1 atom stereocenters. The lowest BCUT2D eigenvalue weighted by molar-refractivity contribution is -0.130. The van der Waals surface area contributed by atoms with Crippen LogP contribution in [0.25, 0.3) is 5.69 Å². The van der Waals surface area contributed by atoms with E-state index in [0.717, 1.165) is 48.3 Å². The van der Waals surface area contributed by atoms with Crippen molar-refractivity contribution in [1.82, 2.24) is 14.7 Å². The van der Waals surface area contributed by atoms with Gasteiger partial charge < -0.3 is 4.90 Å². The number of halogens is 1. The Morgan fingerprint density at radius 3 is 2.46 bits per heavy atom. The van der Waals surface area contributed by atoms with E-state index in [1.807, 2.05) is 11.0 Å². The Labute approximate surface area is 221 Å². The number of carbonyl (C=O) groups is 2. The van der Waals surface area contributed by atoms with Gasteiger partial charge in [-0.15, -0.1) is 11.8 Å². The second kappa shape index (κ2) is 9.97. The third-order valence-electron chi connectivity index (χ3n) is 6.97. The van der Waals surface area contributed by atoms with Crippen LogP contribution in [0.3, 0.4) is 0 Å². The molecule has 3 aromatic rings. The largest absolute Gasteiger partial charge is 0.341 e. The molecule has 0 saturated carbocycles. The number of amides is 2. The molecule has 1 saturated heterocycles. The molecule has 0 spiro atoms. The smallest absolute Gasteiger partial charge is 0.242 e. The summed E-state index contributed by atoms with van der Waals surface area (Å²) in [4.78, 5) is 30.5. The van der Waals surface area contributed by atoms with Crippen LogP contribution in [-0.2, 0) is 15.0 Å². The van der Waals surface area contributed by atoms with Crippen molar-refractivity contribution in [2.75, 3.05) is 30.3 Å². The first kappa shape index (κ1) is 25.5. The summed E-state index contributed by atoms with van der Waals surface area (Å²) in [6, 6.07) is 14.5. The average Bonchev–Trinajstić information content (AvgIpc) is 3.49. The molecule has 2 amide bonds. The lowest BCUT2D eigenvalue weighted by Crippen LogP contribution is -2.43. The fourth-order valence-corrected chi connectivity index (χ4v) is 6.32. The van der Waals surface area contributed by atoms with Gasteiger partial charge in [0, 0.05) is 24.1 Å². The Hall–Kier alpha value is -3.13. The topological polar surface area (TPSA) is 58.4 Å². The summed E-state index contributed by atoms with van der Waals surface area (Å²) >= 11 is 1.57. The quantitative estimate of drug-likeness (QED) is 0.462. The summed E-state index contributed by atoms with van der Waals surface area (Å²) < 4.78 is 15.6. The van der Waals surface area contributed by atoms with Gasteiger partial charge in [0.2, 0.25) is 11.8 Å². The Morgan fingerprint density at radius 2 is 1.81 bits per heavy atom. The van der Waals surface area contributed by atoms with Crippen LogP contribution in [-0.4, -0.2) is 51.9 Å². The van der Waals surface area contributed by atoms with Crippen molar-refractivity contribution in [3.63, 3.8) is 0 Å². The van der Waals surface area contributed by atoms with Crippen molar-refractivity contribution in [3.05, 3.63) is 76.7 Å². The average molecular weight is 521 g/mol. The number of rotatable bonds is 4. The molecular formula is C29H33FN4O2S. The minimum absolute atomic E-state index is 0.0383. The summed E-state index contributed by atoms with van der Waals surface area (Å²) in [7, 11) is 0. The Kier molecular flexibility index (Phi) is 6.88. The third kappa shape index (κ3) is 5.04. The highest BCUT2D eigenvalue weighted by Crippen LogP contribution is 2.48. The number of aromatic nitrogens is 2. The first-order chi connectivity index (χ1) is 17.6. The second-order valence-electron chi connectivity index (χ2n) is 10.9. The summed E-state index contributed by atoms with van der Waals surface area (Å²) in [6.07, 6.45) is 1.97. The van der Waals surface area contributed by atoms with Gasteiger partial charge in [-0.1, -0.05) is 50.6 Å². The maximum atomic E-state index is 13.9. The molecule has 37 heavy (non-hydrogen) atoms. The maximum Gasteiger partial charge on any atom is 0.242 e. The normalized spacial score (nSPS) is 18.2. The van der Waals surface area contributed by atoms with E-state index < -0.39 is 0 Å². The minimum Gasteiger partial charge on any atom is -0.341 e. The molecule has 2 aliphatic heterocycles. The molecule has 1 unspecified atom stereocenters. The van der Waals surface area contributed by atoms with Crippen LogP contribution in [0.15, 0.2) is 48.5 Å². The van der Waals surface area contributed by atoms with Gasteiger partial charge in [-0.25, -0.2) is 9.07 Å². The SMILES string of the molecule is Cc1cccc(C2SCC(=O)N(CC(=O)N3CCCC3)c3c2c(C(C)(C)C)nn3-c2ccc(F)cc2)c1. The van der Waals surface area contributed by atoms with Crippen molar-refractivity contribution >= 4 is 29.4 Å². The molecular weight excluding hydrogens is 487 g/mol. The van der Waals surface area contributed by atoms with Crippen LogP contribution in [0, 0.1) is 12.7 Å². The van der Waals surface area contributed by atoms with Crippen LogP contribution >= 0.6 is 11.8 Å². The number of nitrogens with zero attached hydrogens (tertiary/aromatic N) is 4. The molecule has 2 aliphatic rings. The van der Waals surface area contributed by atoms with Gasteiger partial charge in [-0.2, -0.15) is 5.10 Å². The van der Waals surface area contributed by atoms with E-state index in [2.05, 4.69) is 45.9 Å². The van der Waals surface area contributed by atoms with Gasteiger partial charge >= 0.3 is 0 Å². The van der Waals surface area contributed by atoms with E-state index in [1.165, 1.54) is 12.1 Å². The standard InChI is InChI=1S/C29H33FN4O2S/c1-19-8-7-9-20(16-19)26-25-27(29(2,3)4)31-34(22-12-10-21(30)11-13-22)28(25)33(24(36)18-37-26)17-23(35)32-14-5-6-15-32/h7-13,16,26H,5-6,14-15,17-18H2,1-4H3. The Balaban J connectivity index is 1.75. The number of carbonyl (C=O) groups excluding carboxylic acids is 2. The van der Waals surface area contributed by atoms with Crippen molar-refractivity contribution < 1.29 is 14.0 Å². The lowest BCUT2D eigenvalue weighted by Gasteiger charge is -2.26. The van der Waals surface area contributed by atoms with Gasteiger partial charge in [0.25, 0.3) is 0 Å². The molecule has 0 radical (unpaired) electrons. The zero-order valence-electron chi connectivity index (χ0n) is 21.8. The number of likely N-dealkylation sites (tertiary alicyclic amines) is 1. The molecule has 0 aliphatic carbocycles. The highest BCUT2D eigenvalue weighted by atomic mass is 32.2. The molecule has 1 fully saturated rings. The highest BCUT2D eigenvalue weighted by molar-refractivity contribution is 8.00. The zero-order chi connectivity index (χ0) is 26.3. The maximum absolute atomic E-state index is 13.9. The van der Waals surface area contributed by atoms with E-state index in [-0.39, 0.29) is 40.6 Å². The van der Waals surface area contributed by atoms with E-state index >= 15 is 0 Å². The monoisotopic (exact) mass is 520 g/mol. The first-order valence-electron chi connectivity index (χ1n) is 12.8. The predicted molar refractivity (Wildman–Crippen MR) is 146 cm³/mol. The molecule has 3 heterocycles. The summed E-state index contributed by atoms with van der Waals surface area (Å²) in [5.74, 6) is 0.319. The van der Waals surface area contributed by atoms with Crippen LogP contribution in [0.2, 0.25) is 0 Å². The van der Waals surface area contributed by atoms with Crippen molar-refractivity contribution in [2.24, 2.45) is 0 Å². The molecule has 194 valence electrons. The van der Waals surface area contributed by atoms with Gasteiger partial charge in [0.1, 0.15) is 18.2 Å². The van der Waals surface area contributed by atoms with Crippen molar-refractivity contribution in [2.45, 2.75) is 51.2 Å². The first-order valence-corrected chi connectivity index (χ1v) is 13.8. The predicted octanol–water partition coefficient (Wildman–Crippen LogP) is 5.41. The number of aryl methyl sites for hydroxylation is 1. The summed E-state index contributed by atoms with van der Waals surface area (Å²) in [5, 5.41) is 4.91. The number of anilines is 1. The van der Waals surface area contributed by atoms with E-state index in [1.54, 1.807) is 33.5 Å².